The van der Waals surface area contributed by atoms with Crippen molar-refractivity contribution in [1.29, 1.82) is 0 Å². The third-order valence-corrected chi connectivity index (χ3v) is 4.00. The van der Waals surface area contributed by atoms with Crippen LogP contribution in [-0.2, 0) is 9.59 Å². The zero-order valence-corrected chi connectivity index (χ0v) is 12.7. The monoisotopic (exact) mass is 290 g/mol. The molecule has 1 aliphatic heterocycles. The largest absolute Gasteiger partial charge is 0.336 e. The predicted molar refractivity (Wildman–Crippen MR) is 78.3 cm³/mol. The highest BCUT2D eigenvalue weighted by Crippen LogP contribution is 2.17. The van der Waals surface area contributed by atoms with E-state index in [0.29, 0.717) is 13.0 Å². The Morgan fingerprint density at radius 2 is 2.24 bits per heavy atom. The van der Waals surface area contributed by atoms with Crippen LogP contribution in [-0.4, -0.2) is 51.7 Å². The zero-order valence-electron chi connectivity index (χ0n) is 12.7. The Morgan fingerprint density at radius 1 is 1.43 bits per heavy atom. The summed E-state index contributed by atoms with van der Waals surface area (Å²) < 4.78 is 0. The van der Waals surface area contributed by atoms with Crippen molar-refractivity contribution in [3.8, 4) is 0 Å². The second kappa shape index (κ2) is 7.15. The van der Waals surface area contributed by atoms with Crippen LogP contribution >= 0.6 is 0 Å². The molecule has 1 aromatic heterocycles. The summed E-state index contributed by atoms with van der Waals surface area (Å²) in [5, 5.41) is 0. The van der Waals surface area contributed by atoms with Gasteiger partial charge in [-0.25, -0.2) is 9.97 Å². The highest BCUT2D eigenvalue weighted by atomic mass is 16.2. The van der Waals surface area contributed by atoms with Gasteiger partial charge in [0.2, 0.25) is 11.8 Å². The second-order valence-corrected chi connectivity index (χ2v) is 5.44. The average Bonchev–Trinajstić information content (AvgIpc) is 2.71. The van der Waals surface area contributed by atoms with Gasteiger partial charge in [-0.05, 0) is 25.8 Å². The van der Waals surface area contributed by atoms with Crippen molar-refractivity contribution in [3.05, 3.63) is 24.3 Å². The lowest BCUT2D eigenvalue weighted by Gasteiger charge is -2.28. The lowest BCUT2D eigenvalue weighted by atomic mass is 10.2. The zero-order chi connectivity index (χ0) is 15.2. The lowest BCUT2D eigenvalue weighted by molar-refractivity contribution is -0.140. The predicted octanol–water partition coefficient (Wildman–Crippen LogP) is 1.40. The van der Waals surface area contributed by atoms with E-state index < -0.39 is 0 Å². The molecular formula is C15H22N4O2. The maximum Gasteiger partial charge on any atom is 0.242 e. The second-order valence-electron chi connectivity index (χ2n) is 5.44. The number of carbonyl (C=O) groups excluding carboxylic acids is 2. The summed E-state index contributed by atoms with van der Waals surface area (Å²) in [4.78, 5) is 35.7. The van der Waals surface area contributed by atoms with Crippen molar-refractivity contribution in [2.75, 3.05) is 20.1 Å². The minimum Gasteiger partial charge on any atom is -0.336 e. The first kappa shape index (κ1) is 15.4. The van der Waals surface area contributed by atoms with Crippen LogP contribution in [0.25, 0.3) is 0 Å². The number of carbonyl (C=O) groups is 2. The number of aromatic nitrogens is 2. The van der Waals surface area contributed by atoms with Gasteiger partial charge in [0.15, 0.2) is 0 Å². The third kappa shape index (κ3) is 4.00. The fourth-order valence-electron chi connectivity index (χ4n) is 2.44. The molecule has 2 amide bonds. The molecule has 1 aromatic rings. The molecule has 2 heterocycles. The molecule has 6 nitrogen and oxygen atoms in total. The third-order valence-electron chi connectivity index (χ3n) is 4.00. The van der Waals surface area contributed by atoms with Crippen LogP contribution in [0.1, 0.15) is 44.3 Å². The van der Waals surface area contributed by atoms with Crippen molar-refractivity contribution < 1.29 is 9.59 Å². The molecule has 1 fully saturated rings. The Morgan fingerprint density at radius 3 is 2.95 bits per heavy atom. The van der Waals surface area contributed by atoms with E-state index in [1.165, 1.54) is 6.33 Å². The SMILES string of the molecule is C[C@H](c1ccncn1)N(C)C(=O)CN1CCCCCC1=O. The first-order valence-electron chi connectivity index (χ1n) is 7.39. The Hall–Kier alpha value is -1.98. The minimum atomic E-state index is -0.136. The van der Waals surface area contributed by atoms with Crippen molar-refractivity contribution in [2.45, 2.75) is 38.6 Å². The topological polar surface area (TPSA) is 66.4 Å². The summed E-state index contributed by atoms with van der Waals surface area (Å²) >= 11 is 0. The summed E-state index contributed by atoms with van der Waals surface area (Å²) in [6.07, 6.45) is 6.65. The van der Waals surface area contributed by atoms with Crippen LogP contribution in [0.3, 0.4) is 0 Å². The van der Waals surface area contributed by atoms with Crippen LogP contribution in [0.15, 0.2) is 18.6 Å². The van der Waals surface area contributed by atoms with Crippen LogP contribution in [0.4, 0.5) is 0 Å². The maximum absolute atomic E-state index is 12.4. The molecule has 6 heteroatoms. The van der Waals surface area contributed by atoms with E-state index in [1.54, 1.807) is 29.1 Å². The molecule has 0 radical (unpaired) electrons. The van der Waals surface area contributed by atoms with Gasteiger partial charge in [0.05, 0.1) is 18.3 Å². The summed E-state index contributed by atoms with van der Waals surface area (Å²) in [6, 6.07) is 1.66. The number of hydrogen-bond donors (Lipinski definition) is 0. The van der Waals surface area contributed by atoms with Gasteiger partial charge in [-0.3, -0.25) is 9.59 Å². The van der Waals surface area contributed by atoms with E-state index in [-0.39, 0.29) is 24.4 Å². The van der Waals surface area contributed by atoms with Crippen LogP contribution in [0.2, 0.25) is 0 Å². The molecule has 0 aliphatic carbocycles. The van der Waals surface area contributed by atoms with Gasteiger partial charge in [0.1, 0.15) is 6.33 Å². The highest BCUT2D eigenvalue weighted by molar-refractivity contribution is 5.85. The van der Waals surface area contributed by atoms with Gasteiger partial charge >= 0.3 is 0 Å². The van der Waals surface area contributed by atoms with Gasteiger partial charge in [-0.15, -0.1) is 0 Å². The number of likely N-dealkylation sites (N-methyl/N-ethyl adjacent to an activating group) is 1. The first-order valence-corrected chi connectivity index (χ1v) is 7.39. The minimum absolute atomic E-state index is 0.0589. The van der Waals surface area contributed by atoms with Gasteiger partial charge in [0, 0.05) is 26.2 Å². The Labute approximate surface area is 125 Å². The van der Waals surface area contributed by atoms with E-state index >= 15 is 0 Å². The molecule has 0 bridgehead atoms. The number of likely N-dealkylation sites (tertiary alicyclic amines) is 1. The van der Waals surface area contributed by atoms with Gasteiger partial charge in [0.25, 0.3) is 0 Å². The number of rotatable bonds is 4. The molecule has 1 aliphatic rings. The van der Waals surface area contributed by atoms with Crippen molar-refractivity contribution >= 4 is 11.8 Å². The van der Waals surface area contributed by atoms with Crippen molar-refractivity contribution in [2.24, 2.45) is 0 Å². The highest BCUT2D eigenvalue weighted by Gasteiger charge is 2.24. The van der Waals surface area contributed by atoms with Crippen LogP contribution < -0.4 is 0 Å². The number of nitrogens with zero attached hydrogens (tertiary/aromatic N) is 4. The molecule has 21 heavy (non-hydrogen) atoms. The fourth-order valence-corrected chi connectivity index (χ4v) is 2.44. The van der Waals surface area contributed by atoms with E-state index in [0.717, 1.165) is 25.0 Å². The normalized spacial score (nSPS) is 17.2. The summed E-state index contributed by atoms with van der Waals surface area (Å²) in [5.74, 6) is 0.0281. The molecule has 1 saturated heterocycles. The average molecular weight is 290 g/mol. The molecule has 0 aromatic carbocycles. The Bertz CT molecular complexity index is 492. The van der Waals surface area contributed by atoms with E-state index in [1.807, 2.05) is 6.92 Å². The molecule has 1 atom stereocenters. The molecule has 2 rings (SSSR count). The van der Waals surface area contributed by atoms with Gasteiger partial charge in [-0.1, -0.05) is 6.42 Å². The smallest absolute Gasteiger partial charge is 0.242 e. The van der Waals surface area contributed by atoms with Crippen LogP contribution in [0, 0.1) is 0 Å². The molecule has 0 unspecified atom stereocenters. The van der Waals surface area contributed by atoms with Gasteiger partial charge in [-0.2, -0.15) is 0 Å². The van der Waals surface area contributed by atoms with Crippen LogP contribution in [0.5, 0.6) is 0 Å². The van der Waals surface area contributed by atoms with Crippen molar-refractivity contribution in [3.63, 3.8) is 0 Å². The van der Waals surface area contributed by atoms with E-state index in [9.17, 15) is 9.59 Å². The molecule has 0 saturated carbocycles. The molecular weight excluding hydrogens is 268 g/mol. The van der Waals surface area contributed by atoms with Crippen molar-refractivity contribution in [1.82, 2.24) is 19.8 Å². The number of amides is 2. The quantitative estimate of drug-likeness (QED) is 0.840. The summed E-state index contributed by atoms with van der Waals surface area (Å²) in [7, 11) is 1.75. The lowest BCUT2D eigenvalue weighted by Crippen LogP contribution is -2.42. The Balaban J connectivity index is 1.97. The Kier molecular flexibility index (Phi) is 5.25. The molecule has 0 N–H and O–H groups in total. The number of hydrogen-bond acceptors (Lipinski definition) is 4. The van der Waals surface area contributed by atoms with Gasteiger partial charge < -0.3 is 9.80 Å². The van der Waals surface area contributed by atoms with E-state index in [4.69, 9.17) is 0 Å². The molecule has 114 valence electrons. The summed E-state index contributed by atoms with van der Waals surface area (Å²) in [6.45, 7) is 2.76. The fraction of sp³-hybridized carbons (Fsp3) is 0.600. The standard InChI is InChI=1S/C15H22N4O2/c1-12(13-7-8-16-11-17-13)18(2)15(21)10-19-9-5-3-4-6-14(19)20/h7-8,11-12H,3-6,9-10H2,1-2H3/t12-/m1/s1. The first-order chi connectivity index (χ1) is 10.1. The molecule has 0 spiro atoms. The van der Waals surface area contributed by atoms with E-state index in [2.05, 4.69) is 9.97 Å². The maximum atomic E-state index is 12.4. The summed E-state index contributed by atoms with van der Waals surface area (Å²) in [5.41, 5.74) is 0.794.